The Morgan fingerprint density at radius 2 is 1.75 bits per heavy atom. The van der Waals surface area contributed by atoms with Crippen LogP contribution in [0.4, 0.5) is 4.79 Å². The maximum Gasteiger partial charge on any atom is 0.407 e. The molecule has 0 radical (unpaired) electrons. The van der Waals surface area contributed by atoms with E-state index in [1.165, 1.54) is 6.33 Å². The summed E-state index contributed by atoms with van der Waals surface area (Å²) in [5.41, 5.74) is 5.21. The van der Waals surface area contributed by atoms with E-state index in [0.29, 0.717) is 5.69 Å². The largest absolute Gasteiger partial charge is 0.449 e. The standard InChI is InChI=1S/C21H21N3O4/c25-20(26)19(9-13-10-22-12-23-13)24-21(27)28-11-18-16-7-3-1-5-14(16)15-6-2-4-8-17(15)18/h1-8,10,12,18-20,25-26H,9,11H2,(H,22,23)(H,24,27). The molecule has 7 nitrogen and oxygen atoms in total. The van der Waals surface area contributed by atoms with E-state index in [1.807, 2.05) is 36.4 Å². The van der Waals surface area contributed by atoms with Crippen molar-refractivity contribution in [2.24, 2.45) is 0 Å². The fraction of sp³-hybridized carbons (Fsp3) is 0.238. The lowest BCUT2D eigenvalue weighted by Crippen LogP contribution is -2.45. The molecule has 1 aromatic heterocycles. The van der Waals surface area contributed by atoms with Crippen LogP contribution >= 0.6 is 0 Å². The van der Waals surface area contributed by atoms with Crippen LogP contribution in [0.2, 0.25) is 0 Å². The molecule has 0 bridgehead atoms. The highest BCUT2D eigenvalue weighted by Crippen LogP contribution is 2.44. The number of rotatable bonds is 6. The Hall–Kier alpha value is -3.16. The third kappa shape index (κ3) is 3.62. The molecule has 4 N–H and O–H groups in total. The number of H-pyrrole nitrogens is 1. The van der Waals surface area contributed by atoms with Gasteiger partial charge in [-0.05, 0) is 22.3 Å². The highest BCUT2D eigenvalue weighted by atomic mass is 16.5. The molecule has 3 aromatic rings. The molecule has 28 heavy (non-hydrogen) atoms. The first-order chi connectivity index (χ1) is 13.6. The summed E-state index contributed by atoms with van der Waals surface area (Å²) in [6, 6.07) is 15.2. The zero-order valence-electron chi connectivity index (χ0n) is 15.1. The van der Waals surface area contributed by atoms with Gasteiger partial charge in [0.15, 0.2) is 6.29 Å². The second kappa shape index (κ2) is 7.84. The maximum atomic E-state index is 12.3. The first-order valence-electron chi connectivity index (χ1n) is 9.08. The van der Waals surface area contributed by atoms with Gasteiger partial charge in [0.2, 0.25) is 0 Å². The average molecular weight is 379 g/mol. The van der Waals surface area contributed by atoms with Crippen molar-refractivity contribution in [2.45, 2.75) is 24.7 Å². The molecule has 4 rings (SSSR count). The average Bonchev–Trinajstić information content (AvgIpc) is 3.32. The molecule has 1 atom stereocenters. The lowest BCUT2D eigenvalue weighted by Gasteiger charge is -2.20. The van der Waals surface area contributed by atoms with Crippen molar-refractivity contribution in [1.29, 1.82) is 0 Å². The van der Waals surface area contributed by atoms with E-state index in [2.05, 4.69) is 27.4 Å². The number of benzene rings is 2. The van der Waals surface area contributed by atoms with Crippen molar-refractivity contribution < 1.29 is 19.7 Å². The van der Waals surface area contributed by atoms with Crippen LogP contribution in [0.25, 0.3) is 11.1 Å². The Morgan fingerprint density at radius 3 is 2.32 bits per heavy atom. The van der Waals surface area contributed by atoms with Crippen LogP contribution in [0.5, 0.6) is 0 Å². The number of aliphatic hydroxyl groups excluding tert-OH is 1. The number of nitrogens with zero attached hydrogens (tertiary/aromatic N) is 1. The fourth-order valence-corrected chi connectivity index (χ4v) is 3.66. The van der Waals surface area contributed by atoms with Gasteiger partial charge < -0.3 is 25.3 Å². The minimum atomic E-state index is -1.72. The number of hydrogen-bond acceptors (Lipinski definition) is 5. The predicted molar refractivity (Wildman–Crippen MR) is 103 cm³/mol. The van der Waals surface area contributed by atoms with Gasteiger partial charge in [0.25, 0.3) is 0 Å². The number of amides is 1. The third-order valence-electron chi connectivity index (χ3n) is 5.00. The van der Waals surface area contributed by atoms with Crippen molar-refractivity contribution in [3.05, 3.63) is 77.9 Å². The summed E-state index contributed by atoms with van der Waals surface area (Å²) in [6.45, 7) is 0.165. The van der Waals surface area contributed by atoms with Gasteiger partial charge in [-0.1, -0.05) is 48.5 Å². The molecule has 1 aliphatic carbocycles. The summed E-state index contributed by atoms with van der Waals surface area (Å²) in [7, 11) is 0. The Bertz CT molecular complexity index is 910. The minimum Gasteiger partial charge on any atom is -0.449 e. The Balaban J connectivity index is 1.43. The highest BCUT2D eigenvalue weighted by molar-refractivity contribution is 5.79. The number of imidazole rings is 1. The summed E-state index contributed by atoms with van der Waals surface area (Å²) in [5, 5.41) is 21.6. The van der Waals surface area contributed by atoms with Gasteiger partial charge in [-0.25, -0.2) is 9.78 Å². The van der Waals surface area contributed by atoms with Gasteiger partial charge in [0.1, 0.15) is 6.61 Å². The topological polar surface area (TPSA) is 107 Å². The van der Waals surface area contributed by atoms with Crippen LogP contribution in [-0.4, -0.2) is 45.2 Å². The molecule has 1 amide bonds. The Kier molecular flexibility index (Phi) is 5.10. The summed E-state index contributed by atoms with van der Waals surface area (Å²) >= 11 is 0. The van der Waals surface area contributed by atoms with Gasteiger partial charge in [-0.15, -0.1) is 0 Å². The zero-order chi connectivity index (χ0) is 19.5. The van der Waals surface area contributed by atoms with Crippen molar-refractivity contribution >= 4 is 6.09 Å². The van der Waals surface area contributed by atoms with Crippen LogP contribution in [0.1, 0.15) is 22.7 Å². The fourth-order valence-electron chi connectivity index (χ4n) is 3.66. The molecular weight excluding hydrogens is 358 g/mol. The first-order valence-corrected chi connectivity index (χ1v) is 9.08. The molecule has 0 spiro atoms. The lowest BCUT2D eigenvalue weighted by atomic mass is 9.98. The maximum absolute atomic E-state index is 12.3. The molecule has 2 aromatic carbocycles. The quantitative estimate of drug-likeness (QED) is 0.491. The number of aromatic amines is 1. The van der Waals surface area contributed by atoms with Crippen molar-refractivity contribution in [2.75, 3.05) is 6.61 Å². The molecule has 0 fully saturated rings. The van der Waals surface area contributed by atoms with Crippen LogP contribution in [0.3, 0.4) is 0 Å². The van der Waals surface area contributed by atoms with Crippen molar-refractivity contribution in [3.63, 3.8) is 0 Å². The van der Waals surface area contributed by atoms with E-state index in [4.69, 9.17) is 4.74 Å². The van der Waals surface area contributed by atoms with Crippen LogP contribution in [0.15, 0.2) is 61.1 Å². The van der Waals surface area contributed by atoms with Crippen molar-refractivity contribution in [1.82, 2.24) is 15.3 Å². The molecular formula is C21H21N3O4. The molecule has 0 saturated carbocycles. The van der Waals surface area contributed by atoms with Gasteiger partial charge in [-0.3, -0.25) is 0 Å². The third-order valence-corrected chi connectivity index (χ3v) is 5.00. The lowest BCUT2D eigenvalue weighted by molar-refractivity contribution is -0.0660. The Labute approximate surface area is 162 Å². The number of aromatic nitrogens is 2. The van der Waals surface area contributed by atoms with Gasteiger partial charge in [-0.2, -0.15) is 0 Å². The number of carbonyl (C=O) groups excluding carboxylic acids is 1. The number of aliphatic hydroxyl groups is 2. The number of nitrogens with one attached hydrogen (secondary N) is 2. The molecule has 1 aliphatic rings. The molecule has 1 unspecified atom stereocenters. The number of ether oxygens (including phenoxy) is 1. The minimum absolute atomic E-state index is 0.0525. The smallest absolute Gasteiger partial charge is 0.407 e. The van der Waals surface area contributed by atoms with E-state index in [9.17, 15) is 15.0 Å². The molecule has 0 saturated heterocycles. The second-order valence-corrected chi connectivity index (χ2v) is 6.77. The SMILES string of the molecule is O=C(NC(Cc1cnc[nH]1)C(O)O)OCC1c2ccccc2-c2ccccc21. The predicted octanol–water partition coefficient (Wildman–Crippen LogP) is 2.17. The molecule has 1 heterocycles. The van der Waals surface area contributed by atoms with Crippen LogP contribution in [-0.2, 0) is 11.2 Å². The van der Waals surface area contributed by atoms with E-state index in [-0.39, 0.29) is 18.9 Å². The summed E-state index contributed by atoms with van der Waals surface area (Å²) in [6.07, 6.45) is 0.836. The van der Waals surface area contributed by atoms with E-state index in [0.717, 1.165) is 22.3 Å². The molecule has 0 aliphatic heterocycles. The summed E-state index contributed by atoms with van der Waals surface area (Å²) in [4.78, 5) is 19.0. The number of hydrogen-bond donors (Lipinski definition) is 4. The molecule has 144 valence electrons. The molecule has 7 heteroatoms. The van der Waals surface area contributed by atoms with E-state index < -0.39 is 18.4 Å². The van der Waals surface area contributed by atoms with E-state index >= 15 is 0 Å². The number of fused-ring (bicyclic) bond motifs is 3. The summed E-state index contributed by atoms with van der Waals surface area (Å²) < 4.78 is 5.44. The summed E-state index contributed by atoms with van der Waals surface area (Å²) in [5.74, 6) is -0.0525. The van der Waals surface area contributed by atoms with E-state index in [1.54, 1.807) is 6.20 Å². The number of alkyl carbamates (subject to hydrolysis) is 1. The normalized spacial score (nSPS) is 13.8. The van der Waals surface area contributed by atoms with Crippen LogP contribution < -0.4 is 5.32 Å². The zero-order valence-corrected chi connectivity index (χ0v) is 15.1. The second-order valence-electron chi connectivity index (χ2n) is 6.77. The van der Waals surface area contributed by atoms with Gasteiger partial charge in [0, 0.05) is 24.2 Å². The highest BCUT2D eigenvalue weighted by Gasteiger charge is 2.29. The van der Waals surface area contributed by atoms with Crippen molar-refractivity contribution in [3.8, 4) is 11.1 Å². The first kappa shape index (κ1) is 18.2. The van der Waals surface area contributed by atoms with Gasteiger partial charge >= 0.3 is 6.09 Å². The monoisotopic (exact) mass is 379 g/mol. The Morgan fingerprint density at radius 1 is 1.11 bits per heavy atom. The number of carbonyl (C=O) groups is 1. The van der Waals surface area contributed by atoms with Crippen LogP contribution in [0, 0.1) is 0 Å². The van der Waals surface area contributed by atoms with Gasteiger partial charge in [0.05, 0.1) is 12.4 Å².